The summed E-state index contributed by atoms with van der Waals surface area (Å²) in [6, 6.07) is 10.9. The number of halogens is 1. The lowest BCUT2D eigenvalue weighted by molar-refractivity contribution is 0.600. The Balaban J connectivity index is 2.19. The Morgan fingerprint density at radius 1 is 1.20 bits per heavy atom. The van der Waals surface area contributed by atoms with Gasteiger partial charge in [-0.05, 0) is 36.2 Å². The smallest absolute Gasteiger partial charge is 0.236 e. The highest BCUT2D eigenvalue weighted by Gasteiger charge is 2.14. The van der Waals surface area contributed by atoms with E-state index in [1.807, 2.05) is 0 Å². The van der Waals surface area contributed by atoms with E-state index >= 15 is 0 Å². The number of para-hydroxylation sites is 1. The van der Waals surface area contributed by atoms with Gasteiger partial charge in [0.05, 0.1) is 11.4 Å². The molecule has 0 aliphatic rings. The zero-order valence-electron chi connectivity index (χ0n) is 10.9. The minimum absolute atomic E-state index is 0.197. The van der Waals surface area contributed by atoms with Crippen LogP contribution in [-0.4, -0.2) is 8.42 Å². The van der Waals surface area contributed by atoms with Gasteiger partial charge in [-0.1, -0.05) is 24.3 Å². The topological polar surface area (TPSA) is 72.2 Å². The fourth-order valence-electron chi connectivity index (χ4n) is 1.74. The lowest BCUT2D eigenvalue weighted by Crippen LogP contribution is -2.16. The third kappa shape index (κ3) is 3.48. The molecule has 0 unspecified atom stereocenters. The summed E-state index contributed by atoms with van der Waals surface area (Å²) in [5.41, 5.74) is 7.29. The van der Waals surface area contributed by atoms with Crippen LogP contribution >= 0.6 is 0 Å². The Labute approximate surface area is 117 Å². The molecule has 0 radical (unpaired) electrons. The average molecular weight is 294 g/mol. The predicted octanol–water partition coefficient (Wildman–Crippen LogP) is 2.66. The molecule has 0 heterocycles. The normalized spacial score (nSPS) is 11.3. The Morgan fingerprint density at radius 2 is 1.90 bits per heavy atom. The van der Waals surface area contributed by atoms with Crippen LogP contribution in [-0.2, 0) is 15.8 Å². The second-order valence-electron chi connectivity index (χ2n) is 4.52. The molecule has 0 atom stereocenters. The van der Waals surface area contributed by atoms with Gasteiger partial charge >= 0.3 is 0 Å². The van der Waals surface area contributed by atoms with Crippen molar-refractivity contribution in [3.05, 3.63) is 59.4 Å². The van der Waals surface area contributed by atoms with E-state index in [0.717, 1.165) is 6.07 Å². The number of hydrogen-bond donors (Lipinski definition) is 2. The summed E-state index contributed by atoms with van der Waals surface area (Å²) in [6.45, 7) is 1.61. The fraction of sp³-hybridized carbons (Fsp3) is 0.143. The van der Waals surface area contributed by atoms with E-state index in [4.69, 9.17) is 5.73 Å². The van der Waals surface area contributed by atoms with Gasteiger partial charge in [0.1, 0.15) is 5.82 Å². The molecule has 0 fully saturated rings. The van der Waals surface area contributed by atoms with E-state index in [0.29, 0.717) is 16.8 Å². The zero-order valence-corrected chi connectivity index (χ0v) is 11.7. The van der Waals surface area contributed by atoms with Gasteiger partial charge in [0.2, 0.25) is 10.0 Å². The largest absolute Gasteiger partial charge is 0.398 e. The van der Waals surface area contributed by atoms with Crippen LogP contribution in [0.25, 0.3) is 0 Å². The van der Waals surface area contributed by atoms with Crippen LogP contribution in [0.4, 0.5) is 15.8 Å². The van der Waals surface area contributed by atoms with Crippen molar-refractivity contribution in [3.63, 3.8) is 0 Å². The lowest BCUT2D eigenvalue weighted by atomic mass is 10.2. The van der Waals surface area contributed by atoms with Crippen molar-refractivity contribution in [2.45, 2.75) is 12.7 Å². The first-order chi connectivity index (χ1) is 9.37. The molecule has 0 saturated heterocycles. The molecule has 20 heavy (non-hydrogen) atoms. The minimum atomic E-state index is -3.64. The molecular weight excluding hydrogens is 279 g/mol. The molecule has 0 aliphatic heterocycles. The Kier molecular flexibility index (Phi) is 3.94. The van der Waals surface area contributed by atoms with Crippen molar-refractivity contribution in [1.29, 1.82) is 0 Å². The van der Waals surface area contributed by atoms with Crippen LogP contribution in [0, 0.1) is 12.7 Å². The third-order valence-electron chi connectivity index (χ3n) is 2.85. The first kappa shape index (κ1) is 14.3. The van der Waals surface area contributed by atoms with Crippen molar-refractivity contribution in [2.75, 3.05) is 10.5 Å². The summed E-state index contributed by atoms with van der Waals surface area (Å²) in [6.07, 6.45) is 0. The highest BCUT2D eigenvalue weighted by molar-refractivity contribution is 7.91. The molecular formula is C14H15FN2O2S. The summed E-state index contributed by atoms with van der Waals surface area (Å²) in [7, 11) is -3.64. The van der Waals surface area contributed by atoms with Gasteiger partial charge in [-0.3, -0.25) is 4.72 Å². The van der Waals surface area contributed by atoms with Gasteiger partial charge < -0.3 is 5.73 Å². The summed E-state index contributed by atoms with van der Waals surface area (Å²) >= 11 is 0. The van der Waals surface area contributed by atoms with Crippen LogP contribution in [0.15, 0.2) is 42.5 Å². The molecule has 2 aromatic carbocycles. The number of hydrogen-bond acceptors (Lipinski definition) is 3. The Morgan fingerprint density at radius 3 is 2.55 bits per heavy atom. The van der Waals surface area contributed by atoms with Crippen molar-refractivity contribution in [3.8, 4) is 0 Å². The van der Waals surface area contributed by atoms with Gasteiger partial charge in [-0.15, -0.1) is 0 Å². The van der Waals surface area contributed by atoms with Crippen molar-refractivity contribution < 1.29 is 12.8 Å². The molecule has 0 aliphatic carbocycles. The molecule has 4 nitrogen and oxygen atoms in total. The summed E-state index contributed by atoms with van der Waals surface area (Å²) in [4.78, 5) is 0. The number of nitrogen functional groups attached to an aromatic ring is 1. The summed E-state index contributed by atoms with van der Waals surface area (Å²) in [5, 5.41) is 0. The molecule has 0 aromatic heterocycles. The first-order valence-corrected chi connectivity index (χ1v) is 7.62. The fourth-order valence-corrected chi connectivity index (χ4v) is 2.97. The maximum absolute atomic E-state index is 13.4. The van der Waals surface area contributed by atoms with Crippen LogP contribution in [0.3, 0.4) is 0 Å². The van der Waals surface area contributed by atoms with E-state index in [9.17, 15) is 12.8 Å². The number of sulfonamides is 1. The van der Waals surface area contributed by atoms with Crippen LogP contribution in [0.5, 0.6) is 0 Å². The number of rotatable bonds is 4. The minimum Gasteiger partial charge on any atom is -0.398 e. The number of nitrogens with two attached hydrogens (primary N) is 1. The second kappa shape index (κ2) is 5.50. The van der Waals surface area contributed by atoms with Gasteiger partial charge in [0.25, 0.3) is 0 Å². The van der Waals surface area contributed by atoms with Gasteiger partial charge in [0.15, 0.2) is 0 Å². The Bertz CT molecular complexity index is 730. The second-order valence-corrected chi connectivity index (χ2v) is 6.25. The summed E-state index contributed by atoms with van der Waals surface area (Å²) in [5.74, 6) is -0.709. The van der Waals surface area contributed by atoms with Gasteiger partial charge in [0, 0.05) is 5.69 Å². The van der Waals surface area contributed by atoms with Gasteiger partial charge in [-0.2, -0.15) is 0 Å². The quantitative estimate of drug-likeness (QED) is 0.851. The predicted molar refractivity (Wildman–Crippen MR) is 78.2 cm³/mol. The molecule has 106 valence electrons. The molecule has 2 aromatic rings. The monoisotopic (exact) mass is 294 g/mol. The molecule has 0 spiro atoms. The lowest BCUT2D eigenvalue weighted by Gasteiger charge is -2.10. The van der Waals surface area contributed by atoms with Crippen molar-refractivity contribution >= 4 is 21.4 Å². The molecule has 3 N–H and O–H groups in total. The first-order valence-electron chi connectivity index (χ1n) is 5.97. The van der Waals surface area contributed by atoms with Crippen LogP contribution in [0.2, 0.25) is 0 Å². The number of benzene rings is 2. The highest BCUT2D eigenvalue weighted by Crippen LogP contribution is 2.18. The van der Waals surface area contributed by atoms with Crippen LogP contribution in [0.1, 0.15) is 11.1 Å². The zero-order chi connectivity index (χ0) is 14.8. The summed E-state index contributed by atoms with van der Waals surface area (Å²) < 4.78 is 39.8. The van der Waals surface area contributed by atoms with E-state index in [2.05, 4.69) is 4.72 Å². The molecule has 2 rings (SSSR count). The van der Waals surface area contributed by atoms with Gasteiger partial charge in [-0.25, -0.2) is 12.8 Å². The molecule has 0 saturated carbocycles. The maximum Gasteiger partial charge on any atom is 0.236 e. The number of anilines is 2. The van der Waals surface area contributed by atoms with Crippen molar-refractivity contribution in [1.82, 2.24) is 0 Å². The third-order valence-corrected chi connectivity index (χ3v) is 4.08. The maximum atomic E-state index is 13.4. The van der Waals surface area contributed by atoms with E-state index in [-0.39, 0.29) is 11.4 Å². The van der Waals surface area contributed by atoms with E-state index < -0.39 is 15.8 Å². The van der Waals surface area contributed by atoms with E-state index in [1.165, 1.54) is 12.1 Å². The van der Waals surface area contributed by atoms with Crippen molar-refractivity contribution in [2.24, 2.45) is 0 Å². The highest BCUT2D eigenvalue weighted by atomic mass is 32.2. The Hall–Kier alpha value is -2.08. The number of nitrogens with one attached hydrogen (secondary N) is 1. The standard InChI is InChI=1S/C14H15FN2O2S/c1-10-6-7-12(8-13(10)15)17-20(18,19)9-11-4-2-3-5-14(11)16/h2-8,17H,9,16H2,1H3. The van der Waals surface area contributed by atoms with Crippen LogP contribution < -0.4 is 10.5 Å². The SMILES string of the molecule is Cc1ccc(NS(=O)(=O)Cc2ccccc2N)cc1F. The van der Waals surface area contributed by atoms with E-state index in [1.54, 1.807) is 31.2 Å². The number of aryl methyl sites for hydroxylation is 1. The molecule has 0 bridgehead atoms. The average Bonchev–Trinajstić information content (AvgIpc) is 2.36. The molecule has 0 amide bonds. The molecule has 6 heteroatoms.